The molecule has 1 aliphatic heterocycles. The van der Waals surface area contributed by atoms with Gasteiger partial charge in [-0.1, -0.05) is 18.2 Å². The molecule has 1 saturated heterocycles. The highest BCUT2D eigenvalue weighted by molar-refractivity contribution is 5.55. The minimum Gasteiger partial charge on any atom is -0.394 e. The molecule has 120 valence electrons. The first-order chi connectivity index (χ1) is 11.2. The van der Waals surface area contributed by atoms with Crippen molar-refractivity contribution in [1.29, 1.82) is 5.26 Å². The van der Waals surface area contributed by atoms with Crippen LogP contribution in [0.4, 0.5) is 10.2 Å². The van der Waals surface area contributed by atoms with Crippen molar-refractivity contribution in [3.63, 3.8) is 0 Å². The second-order valence-electron chi connectivity index (χ2n) is 5.64. The third kappa shape index (κ3) is 2.79. The molecule has 0 radical (unpaired) electrons. The predicted octanol–water partition coefficient (Wildman–Crippen LogP) is 0.817. The lowest BCUT2D eigenvalue weighted by atomic mass is 9.94. The monoisotopic (exact) mass is 315 g/mol. The standard InChI is InChI=1S/C16H18FN5O/c17-14-4-2-1-3-12(14)13-9-21(10-15(13)19)16-11(7-18)8-20-22(16)5-6-23/h1-4,8,13,15,23H,5-6,9-10,19H2/t13-,15+/m0/s1. The van der Waals surface area contributed by atoms with Gasteiger partial charge in [0.05, 0.1) is 19.3 Å². The summed E-state index contributed by atoms with van der Waals surface area (Å²) in [7, 11) is 0. The van der Waals surface area contributed by atoms with Gasteiger partial charge in [-0.15, -0.1) is 0 Å². The lowest BCUT2D eigenvalue weighted by Gasteiger charge is -2.20. The Morgan fingerprint density at radius 2 is 2.17 bits per heavy atom. The molecule has 0 spiro atoms. The van der Waals surface area contributed by atoms with Crippen LogP contribution in [-0.4, -0.2) is 40.6 Å². The van der Waals surface area contributed by atoms with Gasteiger partial charge in [0.25, 0.3) is 0 Å². The second kappa shape index (κ2) is 6.36. The normalized spacial score (nSPS) is 20.7. The number of halogens is 1. The van der Waals surface area contributed by atoms with Gasteiger partial charge in [0.15, 0.2) is 0 Å². The van der Waals surface area contributed by atoms with Crippen LogP contribution in [0.5, 0.6) is 0 Å². The average Bonchev–Trinajstić information content (AvgIpc) is 3.11. The Morgan fingerprint density at radius 3 is 2.87 bits per heavy atom. The Hall–Kier alpha value is -2.43. The summed E-state index contributed by atoms with van der Waals surface area (Å²) in [5, 5.41) is 22.6. The number of benzene rings is 1. The van der Waals surface area contributed by atoms with Crippen molar-refractivity contribution in [3.8, 4) is 6.07 Å². The van der Waals surface area contributed by atoms with E-state index in [1.165, 1.54) is 12.3 Å². The van der Waals surface area contributed by atoms with E-state index in [-0.39, 0.29) is 24.4 Å². The number of aliphatic hydroxyl groups is 1. The van der Waals surface area contributed by atoms with E-state index < -0.39 is 0 Å². The molecule has 0 unspecified atom stereocenters. The van der Waals surface area contributed by atoms with Gasteiger partial charge in [-0.3, -0.25) is 0 Å². The summed E-state index contributed by atoms with van der Waals surface area (Å²) >= 11 is 0. The summed E-state index contributed by atoms with van der Waals surface area (Å²) in [5.41, 5.74) is 7.24. The van der Waals surface area contributed by atoms with Gasteiger partial charge in [0.2, 0.25) is 0 Å². The number of aliphatic hydroxyl groups excluding tert-OH is 1. The first-order valence-corrected chi connectivity index (χ1v) is 7.47. The van der Waals surface area contributed by atoms with E-state index in [0.29, 0.717) is 36.6 Å². The van der Waals surface area contributed by atoms with Crippen LogP contribution in [0.1, 0.15) is 17.0 Å². The number of nitrogens with two attached hydrogens (primary N) is 1. The summed E-state index contributed by atoms with van der Waals surface area (Å²) in [6, 6.07) is 8.50. The van der Waals surface area contributed by atoms with Crippen LogP contribution in [-0.2, 0) is 6.54 Å². The van der Waals surface area contributed by atoms with Gasteiger partial charge in [-0.05, 0) is 11.6 Å². The van der Waals surface area contributed by atoms with Crippen LogP contribution < -0.4 is 10.6 Å². The molecule has 1 aliphatic rings. The van der Waals surface area contributed by atoms with Crippen LogP contribution in [0.3, 0.4) is 0 Å². The van der Waals surface area contributed by atoms with Crippen molar-refractivity contribution >= 4 is 5.82 Å². The molecule has 0 bridgehead atoms. The van der Waals surface area contributed by atoms with E-state index in [0.717, 1.165) is 0 Å². The highest BCUT2D eigenvalue weighted by Gasteiger charge is 2.35. The van der Waals surface area contributed by atoms with Gasteiger partial charge in [-0.2, -0.15) is 10.4 Å². The fourth-order valence-corrected chi connectivity index (χ4v) is 3.16. The van der Waals surface area contributed by atoms with Gasteiger partial charge >= 0.3 is 0 Å². The molecule has 0 saturated carbocycles. The van der Waals surface area contributed by atoms with Crippen LogP contribution >= 0.6 is 0 Å². The average molecular weight is 315 g/mol. The molecule has 1 aromatic heterocycles. The number of hydrogen-bond acceptors (Lipinski definition) is 5. The minimum absolute atomic E-state index is 0.0732. The molecule has 1 fully saturated rings. The number of hydrogen-bond donors (Lipinski definition) is 2. The zero-order valence-electron chi connectivity index (χ0n) is 12.6. The zero-order valence-corrected chi connectivity index (χ0v) is 12.6. The fourth-order valence-electron chi connectivity index (χ4n) is 3.16. The van der Waals surface area contributed by atoms with Crippen molar-refractivity contribution < 1.29 is 9.50 Å². The molecular weight excluding hydrogens is 297 g/mol. The number of aromatic nitrogens is 2. The van der Waals surface area contributed by atoms with Crippen LogP contribution in [0.2, 0.25) is 0 Å². The molecule has 3 N–H and O–H groups in total. The van der Waals surface area contributed by atoms with Gasteiger partial charge in [0.1, 0.15) is 23.3 Å². The summed E-state index contributed by atoms with van der Waals surface area (Å²) in [4.78, 5) is 1.95. The van der Waals surface area contributed by atoms with Gasteiger partial charge in [-0.25, -0.2) is 9.07 Å². The Morgan fingerprint density at radius 1 is 1.39 bits per heavy atom. The topological polar surface area (TPSA) is 91.1 Å². The van der Waals surface area contributed by atoms with Crippen LogP contribution in [0.25, 0.3) is 0 Å². The molecule has 2 aromatic rings. The third-order valence-electron chi connectivity index (χ3n) is 4.21. The summed E-state index contributed by atoms with van der Waals surface area (Å²) in [6.45, 7) is 1.24. The lowest BCUT2D eigenvalue weighted by molar-refractivity contribution is 0.270. The fraction of sp³-hybridized carbons (Fsp3) is 0.375. The Bertz CT molecular complexity index is 738. The maximum absolute atomic E-state index is 14.1. The summed E-state index contributed by atoms with van der Waals surface area (Å²) in [6.07, 6.45) is 1.48. The first-order valence-electron chi connectivity index (χ1n) is 7.47. The summed E-state index contributed by atoms with van der Waals surface area (Å²) in [5.74, 6) is 0.218. The van der Waals surface area contributed by atoms with E-state index in [1.807, 2.05) is 4.90 Å². The van der Waals surface area contributed by atoms with Crippen molar-refractivity contribution in [2.24, 2.45) is 5.73 Å². The predicted molar refractivity (Wildman–Crippen MR) is 83.4 cm³/mol. The quantitative estimate of drug-likeness (QED) is 0.871. The summed E-state index contributed by atoms with van der Waals surface area (Å²) < 4.78 is 15.6. The van der Waals surface area contributed by atoms with E-state index in [4.69, 9.17) is 10.8 Å². The smallest absolute Gasteiger partial charge is 0.145 e. The molecule has 2 heterocycles. The van der Waals surface area contributed by atoms with Gasteiger partial charge < -0.3 is 15.7 Å². The SMILES string of the molecule is N#Cc1cnn(CCO)c1N1C[C@@H](N)[C@H](c2ccccc2F)C1. The Labute approximate surface area is 133 Å². The highest BCUT2D eigenvalue weighted by atomic mass is 19.1. The minimum atomic E-state index is -0.265. The number of nitrogens with zero attached hydrogens (tertiary/aromatic N) is 4. The Balaban J connectivity index is 1.91. The van der Waals surface area contributed by atoms with Crippen molar-refractivity contribution in [2.45, 2.75) is 18.5 Å². The van der Waals surface area contributed by atoms with Gasteiger partial charge in [0, 0.05) is 25.0 Å². The van der Waals surface area contributed by atoms with Crippen LogP contribution in [0.15, 0.2) is 30.5 Å². The number of rotatable bonds is 4. The molecule has 23 heavy (non-hydrogen) atoms. The third-order valence-corrected chi connectivity index (χ3v) is 4.21. The van der Waals surface area contributed by atoms with Crippen molar-refractivity contribution in [3.05, 3.63) is 47.4 Å². The molecule has 3 rings (SSSR count). The molecule has 0 aliphatic carbocycles. The maximum atomic E-state index is 14.1. The van der Waals surface area contributed by atoms with E-state index >= 15 is 0 Å². The maximum Gasteiger partial charge on any atom is 0.145 e. The second-order valence-corrected chi connectivity index (χ2v) is 5.64. The molecule has 7 heteroatoms. The molecule has 2 atom stereocenters. The first kappa shape index (κ1) is 15.5. The number of anilines is 1. The molecule has 0 amide bonds. The number of nitriles is 1. The van der Waals surface area contributed by atoms with E-state index in [9.17, 15) is 9.65 Å². The van der Waals surface area contributed by atoms with E-state index in [1.54, 1.807) is 22.9 Å². The molecule has 6 nitrogen and oxygen atoms in total. The highest BCUT2D eigenvalue weighted by Crippen LogP contribution is 2.32. The van der Waals surface area contributed by atoms with Crippen LogP contribution in [0, 0.1) is 17.1 Å². The van der Waals surface area contributed by atoms with Crippen molar-refractivity contribution in [2.75, 3.05) is 24.6 Å². The molecule has 1 aromatic carbocycles. The molecular formula is C16H18FN5O. The Kier molecular flexibility index (Phi) is 4.28. The zero-order chi connectivity index (χ0) is 16.4. The largest absolute Gasteiger partial charge is 0.394 e. The van der Waals surface area contributed by atoms with Crippen molar-refractivity contribution in [1.82, 2.24) is 9.78 Å². The van der Waals surface area contributed by atoms with E-state index in [2.05, 4.69) is 11.2 Å². The lowest BCUT2D eigenvalue weighted by Crippen LogP contribution is -2.30.